The summed E-state index contributed by atoms with van der Waals surface area (Å²) in [6.45, 7) is 2.60. The van der Waals surface area contributed by atoms with Gasteiger partial charge in [0.2, 0.25) is 6.33 Å². The Kier molecular flexibility index (Phi) is 1.66. The maximum Gasteiger partial charge on any atom is 0.206 e. The molecular weight excluding hydrogens is 154 g/mol. The molecular formula is C8H8N3O. The quantitative estimate of drug-likeness (QED) is 0.659. The van der Waals surface area contributed by atoms with Gasteiger partial charge in [-0.1, -0.05) is 0 Å². The van der Waals surface area contributed by atoms with Gasteiger partial charge in [0.1, 0.15) is 5.75 Å². The van der Waals surface area contributed by atoms with E-state index in [-0.39, 0.29) is 0 Å². The van der Waals surface area contributed by atoms with Crippen molar-refractivity contribution in [2.45, 2.75) is 6.92 Å². The van der Waals surface area contributed by atoms with Gasteiger partial charge >= 0.3 is 0 Å². The molecule has 12 heavy (non-hydrogen) atoms. The first-order chi connectivity index (χ1) is 5.90. The standard InChI is InChI=1S/C8H8N3O/c1-2-12-7-3-4-8-10-9-6-11(8)5-7/h3-5H,2H2,1H3. The molecule has 2 heterocycles. The van der Waals surface area contributed by atoms with Crippen LogP contribution in [-0.4, -0.2) is 21.2 Å². The second-order valence-corrected chi connectivity index (χ2v) is 2.33. The molecule has 2 aromatic heterocycles. The number of hydrogen-bond acceptors (Lipinski definition) is 3. The Morgan fingerprint density at radius 1 is 1.58 bits per heavy atom. The Morgan fingerprint density at radius 2 is 2.50 bits per heavy atom. The summed E-state index contributed by atoms with van der Waals surface area (Å²) in [4.78, 5) is 0. The van der Waals surface area contributed by atoms with Crippen molar-refractivity contribution in [3.8, 4) is 5.75 Å². The van der Waals surface area contributed by atoms with Crippen molar-refractivity contribution < 1.29 is 4.74 Å². The normalized spacial score (nSPS) is 10.4. The van der Waals surface area contributed by atoms with Crippen LogP contribution in [0.4, 0.5) is 0 Å². The van der Waals surface area contributed by atoms with Gasteiger partial charge in [0, 0.05) is 0 Å². The molecule has 0 aliphatic carbocycles. The second-order valence-electron chi connectivity index (χ2n) is 2.33. The molecule has 0 atom stereocenters. The lowest BCUT2D eigenvalue weighted by Crippen LogP contribution is -1.93. The van der Waals surface area contributed by atoms with E-state index in [4.69, 9.17) is 4.74 Å². The molecule has 2 rings (SSSR count). The third-order valence-corrected chi connectivity index (χ3v) is 1.52. The Hall–Kier alpha value is -1.58. The first-order valence-electron chi connectivity index (χ1n) is 3.75. The lowest BCUT2D eigenvalue weighted by Gasteiger charge is -2.01. The molecule has 0 aliphatic rings. The Morgan fingerprint density at radius 3 is 3.33 bits per heavy atom. The molecule has 1 radical (unpaired) electrons. The van der Waals surface area contributed by atoms with E-state index in [1.807, 2.05) is 19.1 Å². The van der Waals surface area contributed by atoms with Crippen molar-refractivity contribution in [3.63, 3.8) is 0 Å². The van der Waals surface area contributed by atoms with E-state index in [2.05, 4.69) is 16.5 Å². The van der Waals surface area contributed by atoms with E-state index < -0.39 is 0 Å². The molecule has 0 saturated heterocycles. The minimum absolute atomic E-state index is 0.660. The highest BCUT2D eigenvalue weighted by Gasteiger charge is 1.96. The second kappa shape index (κ2) is 2.81. The maximum absolute atomic E-state index is 5.29. The van der Waals surface area contributed by atoms with Crippen LogP contribution in [0.5, 0.6) is 5.75 Å². The van der Waals surface area contributed by atoms with Crippen molar-refractivity contribution >= 4 is 5.65 Å². The fraction of sp³-hybridized carbons (Fsp3) is 0.250. The molecule has 0 saturated carbocycles. The zero-order valence-corrected chi connectivity index (χ0v) is 6.69. The SMILES string of the molecule is CCOc1ccc2nn[c]n2c1. The minimum atomic E-state index is 0.660. The van der Waals surface area contributed by atoms with E-state index in [1.165, 1.54) is 0 Å². The number of pyridine rings is 1. The van der Waals surface area contributed by atoms with Crippen LogP contribution in [0.2, 0.25) is 0 Å². The molecule has 4 nitrogen and oxygen atoms in total. The Labute approximate surface area is 69.8 Å². The van der Waals surface area contributed by atoms with Gasteiger partial charge in [-0.05, 0) is 19.1 Å². The van der Waals surface area contributed by atoms with Gasteiger partial charge in [0.25, 0.3) is 0 Å². The van der Waals surface area contributed by atoms with Crippen LogP contribution in [0.25, 0.3) is 5.65 Å². The third kappa shape index (κ3) is 1.11. The van der Waals surface area contributed by atoms with E-state index >= 15 is 0 Å². The fourth-order valence-electron chi connectivity index (χ4n) is 1.01. The third-order valence-electron chi connectivity index (χ3n) is 1.52. The lowest BCUT2D eigenvalue weighted by molar-refractivity contribution is 0.338. The monoisotopic (exact) mass is 162 g/mol. The Balaban J connectivity index is 2.46. The predicted molar refractivity (Wildman–Crippen MR) is 43.0 cm³/mol. The van der Waals surface area contributed by atoms with Gasteiger partial charge in [-0.15, -0.1) is 10.2 Å². The minimum Gasteiger partial charge on any atom is -0.492 e. The predicted octanol–water partition coefficient (Wildman–Crippen LogP) is 0.928. The van der Waals surface area contributed by atoms with Gasteiger partial charge in [-0.25, -0.2) is 0 Å². The number of hydrogen-bond donors (Lipinski definition) is 0. The summed E-state index contributed by atoms with van der Waals surface area (Å²) in [5.74, 6) is 0.807. The van der Waals surface area contributed by atoms with Crippen LogP contribution < -0.4 is 4.74 Å². The highest BCUT2D eigenvalue weighted by atomic mass is 16.5. The van der Waals surface area contributed by atoms with Crippen molar-refractivity contribution in [2.75, 3.05) is 6.61 Å². The lowest BCUT2D eigenvalue weighted by atomic mass is 10.4. The molecule has 0 amide bonds. The summed E-state index contributed by atoms with van der Waals surface area (Å²) in [6.07, 6.45) is 4.50. The molecule has 0 fully saturated rings. The molecule has 0 aliphatic heterocycles. The van der Waals surface area contributed by atoms with Gasteiger partial charge < -0.3 is 4.74 Å². The van der Waals surface area contributed by atoms with Crippen molar-refractivity contribution in [1.82, 2.24) is 14.6 Å². The summed E-state index contributed by atoms with van der Waals surface area (Å²) in [6, 6.07) is 3.70. The van der Waals surface area contributed by atoms with Crippen LogP contribution in [0.15, 0.2) is 18.3 Å². The Bertz CT molecular complexity index is 382. The number of aromatic nitrogens is 3. The van der Waals surface area contributed by atoms with Crippen molar-refractivity contribution in [2.24, 2.45) is 0 Å². The van der Waals surface area contributed by atoms with Crippen LogP contribution >= 0.6 is 0 Å². The van der Waals surface area contributed by atoms with E-state index in [0.717, 1.165) is 11.4 Å². The fourth-order valence-corrected chi connectivity index (χ4v) is 1.01. The smallest absolute Gasteiger partial charge is 0.206 e. The van der Waals surface area contributed by atoms with Crippen LogP contribution in [0.3, 0.4) is 0 Å². The summed E-state index contributed by atoms with van der Waals surface area (Å²) in [5, 5.41) is 7.46. The summed E-state index contributed by atoms with van der Waals surface area (Å²) >= 11 is 0. The summed E-state index contributed by atoms with van der Waals surface area (Å²) < 4.78 is 6.99. The van der Waals surface area contributed by atoms with Gasteiger partial charge in [0.05, 0.1) is 12.8 Å². The van der Waals surface area contributed by atoms with Gasteiger partial charge in [-0.2, -0.15) is 0 Å². The van der Waals surface area contributed by atoms with E-state index in [1.54, 1.807) is 10.6 Å². The van der Waals surface area contributed by atoms with Crippen LogP contribution in [-0.2, 0) is 0 Å². The van der Waals surface area contributed by atoms with Crippen LogP contribution in [0, 0.1) is 6.33 Å². The molecule has 61 valence electrons. The van der Waals surface area contributed by atoms with E-state index in [0.29, 0.717) is 6.61 Å². The largest absolute Gasteiger partial charge is 0.492 e. The first kappa shape index (κ1) is 7.09. The summed E-state index contributed by atoms with van der Waals surface area (Å²) in [7, 11) is 0. The number of fused-ring (bicyclic) bond motifs is 1. The van der Waals surface area contributed by atoms with Crippen molar-refractivity contribution in [1.29, 1.82) is 0 Å². The molecule has 0 aromatic carbocycles. The zero-order chi connectivity index (χ0) is 8.39. The zero-order valence-electron chi connectivity index (χ0n) is 6.69. The van der Waals surface area contributed by atoms with Gasteiger partial charge in [0.15, 0.2) is 5.65 Å². The number of nitrogens with zero attached hydrogens (tertiary/aromatic N) is 3. The molecule has 0 N–H and O–H groups in total. The van der Waals surface area contributed by atoms with Crippen LogP contribution in [0.1, 0.15) is 6.92 Å². The molecule has 0 bridgehead atoms. The average molecular weight is 162 g/mol. The maximum atomic E-state index is 5.29. The topological polar surface area (TPSA) is 39.4 Å². The van der Waals surface area contributed by atoms with Gasteiger partial charge in [-0.3, -0.25) is 4.40 Å². The number of ether oxygens (including phenoxy) is 1. The molecule has 2 aromatic rings. The summed E-state index contributed by atoms with van der Waals surface area (Å²) in [5.41, 5.74) is 0.776. The number of rotatable bonds is 2. The molecule has 4 heteroatoms. The molecule has 0 unspecified atom stereocenters. The van der Waals surface area contributed by atoms with E-state index in [9.17, 15) is 0 Å². The highest BCUT2D eigenvalue weighted by molar-refractivity contribution is 5.39. The highest BCUT2D eigenvalue weighted by Crippen LogP contribution is 2.10. The molecule has 0 spiro atoms. The average Bonchev–Trinajstić information content (AvgIpc) is 2.51. The first-order valence-corrected chi connectivity index (χ1v) is 3.75. The van der Waals surface area contributed by atoms with Crippen molar-refractivity contribution in [3.05, 3.63) is 24.7 Å².